The number of H-pyrrole nitrogens is 1. The highest BCUT2D eigenvalue weighted by Gasteiger charge is 2.13. The second-order valence-corrected chi connectivity index (χ2v) is 6.73. The van der Waals surface area contributed by atoms with E-state index in [0.717, 1.165) is 12.0 Å². The van der Waals surface area contributed by atoms with Crippen LogP contribution in [0.3, 0.4) is 0 Å². The number of aromatic nitrogens is 2. The third-order valence-electron chi connectivity index (χ3n) is 3.82. The second kappa shape index (κ2) is 8.55. The van der Waals surface area contributed by atoms with Crippen molar-refractivity contribution >= 4 is 5.91 Å². The minimum Gasteiger partial charge on any atom is -0.348 e. The van der Waals surface area contributed by atoms with Gasteiger partial charge in [0.1, 0.15) is 11.5 Å². The van der Waals surface area contributed by atoms with Gasteiger partial charge in [-0.25, -0.2) is 9.18 Å². The number of hydrogen-bond donors (Lipinski definition) is 2. The molecular weight excluding hydrogens is 321 g/mol. The van der Waals surface area contributed by atoms with Crippen LogP contribution in [0.5, 0.6) is 0 Å². The minimum absolute atomic E-state index is 0.0906. The van der Waals surface area contributed by atoms with Crippen LogP contribution in [-0.2, 0) is 12.8 Å². The van der Waals surface area contributed by atoms with Gasteiger partial charge in [0.05, 0.1) is 0 Å². The van der Waals surface area contributed by atoms with Crippen LogP contribution >= 0.6 is 0 Å². The molecule has 2 aromatic rings. The zero-order valence-electron chi connectivity index (χ0n) is 14.8. The molecule has 25 heavy (non-hydrogen) atoms. The van der Waals surface area contributed by atoms with Gasteiger partial charge in [-0.3, -0.25) is 4.79 Å². The van der Waals surface area contributed by atoms with Crippen molar-refractivity contribution in [3.63, 3.8) is 0 Å². The normalized spacial score (nSPS) is 12.2. The lowest BCUT2D eigenvalue weighted by atomic mass is 10.1. The summed E-state index contributed by atoms with van der Waals surface area (Å²) in [6.07, 6.45) is 2.11. The Hall–Kier alpha value is -2.50. The molecule has 1 unspecified atom stereocenters. The van der Waals surface area contributed by atoms with Gasteiger partial charge in [-0.15, -0.1) is 0 Å². The van der Waals surface area contributed by atoms with Crippen molar-refractivity contribution < 1.29 is 9.18 Å². The molecule has 6 heteroatoms. The minimum atomic E-state index is -0.512. The summed E-state index contributed by atoms with van der Waals surface area (Å²) in [7, 11) is 0. The first-order valence-corrected chi connectivity index (χ1v) is 8.49. The van der Waals surface area contributed by atoms with Crippen molar-refractivity contribution in [3.8, 4) is 0 Å². The molecule has 0 aliphatic heterocycles. The van der Waals surface area contributed by atoms with Gasteiger partial charge in [0.2, 0.25) is 0 Å². The molecule has 0 aliphatic carbocycles. The highest BCUT2D eigenvalue weighted by Crippen LogP contribution is 2.08. The van der Waals surface area contributed by atoms with Gasteiger partial charge >= 0.3 is 5.69 Å². The molecule has 1 heterocycles. The summed E-state index contributed by atoms with van der Waals surface area (Å²) in [4.78, 5) is 30.4. The standard InChI is InChI=1S/C19H24FN3O2/c1-12(2)10-16-11-17(23-19(25)22-16)18(24)21-13(3)4-5-14-6-8-15(20)9-7-14/h6-9,11-13H,4-5,10H2,1-3H3,(H,21,24)(H,22,23,25). The van der Waals surface area contributed by atoms with Crippen LogP contribution in [0.15, 0.2) is 35.1 Å². The van der Waals surface area contributed by atoms with Crippen molar-refractivity contribution in [2.75, 3.05) is 0 Å². The Labute approximate surface area is 146 Å². The third-order valence-corrected chi connectivity index (χ3v) is 3.82. The highest BCUT2D eigenvalue weighted by molar-refractivity contribution is 5.92. The number of carbonyl (C=O) groups is 1. The predicted octanol–water partition coefficient (Wildman–Crippen LogP) is 2.86. The monoisotopic (exact) mass is 345 g/mol. The van der Waals surface area contributed by atoms with E-state index in [-0.39, 0.29) is 23.5 Å². The molecular formula is C19H24FN3O2. The van der Waals surface area contributed by atoms with Crippen molar-refractivity contribution in [1.29, 1.82) is 0 Å². The molecule has 1 amide bonds. The van der Waals surface area contributed by atoms with E-state index < -0.39 is 5.69 Å². The summed E-state index contributed by atoms with van der Waals surface area (Å²) in [6.45, 7) is 5.97. The summed E-state index contributed by atoms with van der Waals surface area (Å²) in [6, 6.07) is 7.86. The topological polar surface area (TPSA) is 74.8 Å². The molecule has 2 rings (SSSR count). The van der Waals surface area contributed by atoms with E-state index in [4.69, 9.17) is 0 Å². The first-order valence-electron chi connectivity index (χ1n) is 8.49. The summed E-state index contributed by atoms with van der Waals surface area (Å²) in [5, 5.41) is 2.86. The van der Waals surface area contributed by atoms with E-state index in [1.165, 1.54) is 12.1 Å². The third kappa shape index (κ3) is 6.14. The average Bonchev–Trinajstić information content (AvgIpc) is 2.53. The number of nitrogens with zero attached hydrogens (tertiary/aromatic N) is 1. The van der Waals surface area contributed by atoms with Gasteiger partial charge in [-0.1, -0.05) is 26.0 Å². The Kier molecular flexibility index (Phi) is 6.44. The Morgan fingerprint density at radius 3 is 2.56 bits per heavy atom. The number of aryl methyl sites for hydroxylation is 1. The molecule has 0 bridgehead atoms. The molecule has 0 fully saturated rings. The van der Waals surface area contributed by atoms with E-state index >= 15 is 0 Å². The van der Waals surface area contributed by atoms with Gasteiger partial charge < -0.3 is 10.3 Å². The molecule has 0 aliphatic rings. The fraction of sp³-hybridized carbons (Fsp3) is 0.421. The summed E-state index contributed by atoms with van der Waals surface area (Å²) in [5.74, 6) is -0.256. The van der Waals surface area contributed by atoms with E-state index in [1.54, 1.807) is 18.2 Å². The summed E-state index contributed by atoms with van der Waals surface area (Å²) >= 11 is 0. The highest BCUT2D eigenvalue weighted by atomic mass is 19.1. The second-order valence-electron chi connectivity index (χ2n) is 6.73. The number of hydrogen-bond acceptors (Lipinski definition) is 3. The fourth-order valence-corrected chi connectivity index (χ4v) is 2.58. The number of halogens is 1. The number of rotatable bonds is 7. The van der Waals surface area contributed by atoms with Crippen molar-refractivity contribution in [1.82, 2.24) is 15.3 Å². The molecule has 1 atom stereocenters. The smallest absolute Gasteiger partial charge is 0.345 e. The maximum atomic E-state index is 12.9. The Bertz CT molecular complexity index is 769. The van der Waals surface area contributed by atoms with Crippen LogP contribution in [0.2, 0.25) is 0 Å². The lowest BCUT2D eigenvalue weighted by molar-refractivity contribution is 0.0932. The van der Waals surface area contributed by atoms with E-state index in [0.29, 0.717) is 24.5 Å². The van der Waals surface area contributed by atoms with Crippen LogP contribution < -0.4 is 11.0 Å². The van der Waals surface area contributed by atoms with Crippen LogP contribution in [0, 0.1) is 11.7 Å². The van der Waals surface area contributed by atoms with Crippen LogP contribution in [0.25, 0.3) is 0 Å². The molecule has 0 spiro atoms. The molecule has 2 N–H and O–H groups in total. The lowest BCUT2D eigenvalue weighted by Crippen LogP contribution is -2.35. The van der Waals surface area contributed by atoms with Crippen LogP contribution in [0.1, 0.15) is 48.9 Å². The predicted molar refractivity (Wildman–Crippen MR) is 95.0 cm³/mol. The first-order chi connectivity index (χ1) is 11.8. The maximum Gasteiger partial charge on any atom is 0.345 e. The molecule has 134 valence electrons. The van der Waals surface area contributed by atoms with Crippen molar-refractivity contribution in [3.05, 3.63) is 63.6 Å². The molecule has 1 aromatic carbocycles. The van der Waals surface area contributed by atoms with Crippen molar-refractivity contribution in [2.24, 2.45) is 5.92 Å². The van der Waals surface area contributed by atoms with Gasteiger partial charge in [0.15, 0.2) is 0 Å². The molecule has 1 aromatic heterocycles. The Morgan fingerprint density at radius 2 is 1.92 bits per heavy atom. The zero-order valence-corrected chi connectivity index (χ0v) is 14.8. The van der Waals surface area contributed by atoms with Crippen molar-refractivity contribution in [2.45, 2.75) is 46.1 Å². The number of aromatic amines is 1. The van der Waals surface area contributed by atoms with Crippen LogP contribution in [0.4, 0.5) is 4.39 Å². The largest absolute Gasteiger partial charge is 0.348 e. The van der Waals surface area contributed by atoms with E-state index in [9.17, 15) is 14.0 Å². The van der Waals surface area contributed by atoms with E-state index in [1.807, 2.05) is 20.8 Å². The van der Waals surface area contributed by atoms with E-state index in [2.05, 4.69) is 15.3 Å². The number of carbonyl (C=O) groups excluding carboxylic acids is 1. The number of benzene rings is 1. The van der Waals surface area contributed by atoms with Gasteiger partial charge in [0, 0.05) is 11.7 Å². The number of amides is 1. The summed E-state index contributed by atoms with van der Waals surface area (Å²) < 4.78 is 12.9. The average molecular weight is 345 g/mol. The van der Waals surface area contributed by atoms with Crippen LogP contribution in [-0.4, -0.2) is 21.9 Å². The Balaban J connectivity index is 1.95. The summed E-state index contributed by atoms with van der Waals surface area (Å²) in [5.41, 5.74) is 1.34. The molecule has 0 radical (unpaired) electrons. The molecule has 5 nitrogen and oxygen atoms in total. The van der Waals surface area contributed by atoms with Gasteiger partial charge in [0.25, 0.3) is 5.91 Å². The molecule has 0 saturated heterocycles. The molecule has 0 saturated carbocycles. The van der Waals surface area contributed by atoms with Gasteiger partial charge in [-0.05, 0) is 55.9 Å². The number of nitrogens with one attached hydrogen (secondary N) is 2. The lowest BCUT2D eigenvalue weighted by Gasteiger charge is -2.14. The first kappa shape index (κ1) is 18.8. The quantitative estimate of drug-likeness (QED) is 0.810. The maximum absolute atomic E-state index is 12.9. The van der Waals surface area contributed by atoms with Gasteiger partial charge in [-0.2, -0.15) is 4.98 Å². The zero-order chi connectivity index (χ0) is 18.4. The fourth-order valence-electron chi connectivity index (χ4n) is 2.58. The SMILES string of the molecule is CC(C)Cc1cc(C(=O)NC(C)CCc2ccc(F)cc2)nc(=O)[nH]1. The Morgan fingerprint density at radius 1 is 1.24 bits per heavy atom.